The van der Waals surface area contributed by atoms with Gasteiger partial charge >= 0.3 is 0 Å². The van der Waals surface area contributed by atoms with Crippen LogP contribution in [0, 0.1) is 0 Å². The molecule has 1 unspecified atom stereocenters. The summed E-state index contributed by atoms with van der Waals surface area (Å²) in [5.41, 5.74) is 4.78. The molecule has 0 bridgehead atoms. The third kappa shape index (κ3) is 4.63. The van der Waals surface area contributed by atoms with Crippen LogP contribution in [0.15, 0.2) is 33.6 Å². The Morgan fingerprint density at radius 1 is 1.44 bits per heavy atom. The first-order valence-electron chi connectivity index (χ1n) is 5.85. The Kier molecular flexibility index (Phi) is 6.18. The first kappa shape index (κ1) is 15.5. The minimum Gasteiger partial charge on any atom is -0.368 e. The van der Waals surface area contributed by atoms with E-state index < -0.39 is 5.54 Å². The molecule has 0 spiro atoms. The highest BCUT2D eigenvalue weighted by molar-refractivity contribution is 9.10. The molecule has 1 atom stereocenters. The minimum absolute atomic E-state index is 0.293. The predicted molar refractivity (Wildman–Crippen MR) is 80.8 cm³/mol. The van der Waals surface area contributed by atoms with E-state index in [0.29, 0.717) is 0 Å². The Morgan fingerprint density at radius 3 is 2.56 bits per heavy atom. The van der Waals surface area contributed by atoms with Gasteiger partial charge in [-0.1, -0.05) is 15.9 Å². The lowest BCUT2D eigenvalue weighted by Crippen LogP contribution is -2.51. The summed E-state index contributed by atoms with van der Waals surface area (Å²) >= 11 is 5.20. The Hall–Kier alpha value is -0.520. The van der Waals surface area contributed by atoms with Crippen molar-refractivity contribution >= 4 is 33.6 Å². The van der Waals surface area contributed by atoms with Crippen molar-refractivity contribution in [1.29, 1.82) is 0 Å². The number of thioether (sulfide) groups is 1. The number of nitrogens with two attached hydrogens (primary N) is 1. The number of halogens is 1. The zero-order valence-electron chi connectivity index (χ0n) is 10.7. The molecule has 0 radical (unpaired) electrons. The van der Waals surface area contributed by atoms with Gasteiger partial charge in [0, 0.05) is 9.37 Å². The summed E-state index contributed by atoms with van der Waals surface area (Å²) in [5, 5.41) is 2.99. The van der Waals surface area contributed by atoms with Crippen molar-refractivity contribution in [3.05, 3.63) is 28.7 Å². The number of hydrogen-bond acceptors (Lipinski definition) is 3. The van der Waals surface area contributed by atoms with Gasteiger partial charge in [0.25, 0.3) is 0 Å². The molecule has 18 heavy (non-hydrogen) atoms. The Morgan fingerprint density at radius 2 is 2.06 bits per heavy atom. The highest BCUT2D eigenvalue weighted by atomic mass is 79.9. The van der Waals surface area contributed by atoms with Crippen LogP contribution in [0.25, 0.3) is 0 Å². The molecule has 1 amide bonds. The maximum atomic E-state index is 11.3. The number of benzene rings is 1. The number of primary amides is 1. The Bertz CT molecular complexity index is 396. The standard InChI is InChI=1S/C13H19BrN2OS/c1-13(16-2,12(15)17)8-3-9-18-11-6-4-10(14)5-7-11/h4-7,16H,3,8-9H2,1-2H3,(H2,15,17). The summed E-state index contributed by atoms with van der Waals surface area (Å²) in [6.07, 6.45) is 1.70. The van der Waals surface area contributed by atoms with Gasteiger partial charge in [0.15, 0.2) is 0 Å². The number of carbonyl (C=O) groups is 1. The van der Waals surface area contributed by atoms with E-state index in [2.05, 4.69) is 33.4 Å². The number of hydrogen-bond donors (Lipinski definition) is 2. The highest BCUT2D eigenvalue weighted by Crippen LogP contribution is 2.23. The first-order valence-corrected chi connectivity index (χ1v) is 7.63. The number of carbonyl (C=O) groups excluding carboxylic acids is 1. The van der Waals surface area contributed by atoms with Gasteiger partial charge in [-0.2, -0.15) is 0 Å². The van der Waals surface area contributed by atoms with Gasteiger partial charge in [-0.25, -0.2) is 0 Å². The fourth-order valence-electron chi connectivity index (χ4n) is 1.52. The summed E-state index contributed by atoms with van der Waals surface area (Å²) in [6, 6.07) is 8.23. The van der Waals surface area contributed by atoms with Crippen molar-refractivity contribution in [2.75, 3.05) is 12.8 Å². The lowest BCUT2D eigenvalue weighted by Gasteiger charge is -2.25. The van der Waals surface area contributed by atoms with Crippen LogP contribution in [0.2, 0.25) is 0 Å². The van der Waals surface area contributed by atoms with Gasteiger partial charge in [-0.3, -0.25) is 4.79 Å². The van der Waals surface area contributed by atoms with Crippen molar-refractivity contribution in [1.82, 2.24) is 5.32 Å². The lowest BCUT2D eigenvalue weighted by atomic mass is 9.96. The van der Waals surface area contributed by atoms with Crippen LogP contribution in [-0.2, 0) is 4.79 Å². The predicted octanol–water partition coefficient (Wildman–Crippen LogP) is 2.78. The van der Waals surface area contributed by atoms with E-state index in [4.69, 9.17) is 5.73 Å². The monoisotopic (exact) mass is 330 g/mol. The first-order chi connectivity index (χ1) is 8.48. The molecule has 5 heteroatoms. The van der Waals surface area contributed by atoms with Crippen molar-refractivity contribution in [2.24, 2.45) is 5.73 Å². The second-order valence-corrected chi connectivity index (χ2v) is 6.44. The van der Waals surface area contributed by atoms with Crippen LogP contribution in [0.5, 0.6) is 0 Å². The molecule has 1 aromatic carbocycles. The molecule has 0 aliphatic carbocycles. The molecule has 0 aromatic heterocycles. The fraction of sp³-hybridized carbons (Fsp3) is 0.462. The second-order valence-electron chi connectivity index (χ2n) is 4.35. The quantitative estimate of drug-likeness (QED) is 0.597. The molecule has 0 aliphatic heterocycles. The molecule has 0 aliphatic rings. The highest BCUT2D eigenvalue weighted by Gasteiger charge is 2.27. The maximum absolute atomic E-state index is 11.3. The van der Waals surface area contributed by atoms with Crippen LogP contribution in [0.3, 0.4) is 0 Å². The minimum atomic E-state index is -0.597. The average molecular weight is 331 g/mol. The van der Waals surface area contributed by atoms with Crippen LogP contribution in [-0.4, -0.2) is 24.2 Å². The molecule has 1 rings (SSSR count). The molecule has 0 saturated heterocycles. The zero-order valence-corrected chi connectivity index (χ0v) is 13.1. The molecule has 0 heterocycles. The lowest BCUT2D eigenvalue weighted by molar-refractivity contribution is -0.123. The van der Waals surface area contributed by atoms with Crippen molar-refractivity contribution in [2.45, 2.75) is 30.2 Å². The Labute approximate surface area is 121 Å². The van der Waals surface area contributed by atoms with Crippen molar-refractivity contribution in [3.63, 3.8) is 0 Å². The normalized spacial score (nSPS) is 14.2. The van der Waals surface area contributed by atoms with E-state index in [1.54, 1.807) is 18.8 Å². The number of likely N-dealkylation sites (N-methyl/N-ethyl adjacent to an activating group) is 1. The molecule has 0 saturated carbocycles. The summed E-state index contributed by atoms with van der Waals surface area (Å²) in [6.45, 7) is 1.85. The topological polar surface area (TPSA) is 55.1 Å². The number of amides is 1. The van der Waals surface area contributed by atoms with E-state index in [0.717, 1.165) is 23.1 Å². The summed E-state index contributed by atoms with van der Waals surface area (Å²) in [4.78, 5) is 12.5. The number of nitrogens with one attached hydrogen (secondary N) is 1. The zero-order chi connectivity index (χ0) is 13.6. The van der Waals surface area contributed by atoms with Gasteiger partial charge in [0.1, 0.15) is 0 Å². The molecule has 100 valence electrons. The van der Waals surface area contributed by atoms with Gasteiger partial charge in [-0.15, -0.1) is 11.8 Å². The smallest absolute Gasteiger partial charge is 0.237 e. The molecular formula is C13H19BrN2OS. The largest absolute Gasteiger partial charge is 0.368 e. The van der Waals surface area contributed by atoms with E-state index in [-0.39, 0.29) is 5.91 Å². The van der Waals surface area contributed by atoms with E-state index >= 15 is 0 Å². The van der Waals surface area contributed by atoms with Gasteiger partial charge in [0.05, 0.1) is 5.54 Å². The third-order valence-corrected chi connectivity index (χ3v) is 4.63. The van der Waals surface area contributed by atoms with E-state index in [9.17, 15) is 4.79 Å². The molecule has 3 N–H and O–H groups in total. The molecule has 3 nitrogen and oxygen atoms in total. The molecule has 1 aromatic rings. The molecular weight excluding hydrogens is 312 g/mol. The van der Waals surface area contributed by atoms with Crippen LogP contribution in [0.1, 0.15) is 19.8 Å². The van der Waals surface area contributed by atoms with Gasteiger partial charge in [-0.05, 0) is 56.8 Å². The summed E-state index contributed by atoms with van der Waals surface area (Å²) < 4.78 is 1.09. The fourth-order valence-corrected chi connectivity index (χ4v) is 2.64. The van der Waals surface area contributed by atoms with Gasteiger partial charge in [0.2, 0.25) is 5.91 Å². The second kappa shape index (κ2) is 7.16. The van der Waals surface area contributed by atoms with Crippen molar-refractivity contribution < 1.29 is 4.79 Å². The maximum Gasteiger partial charge on any atom is 0.237 e. The number of rotatable bonds is 7. The molecule has 0 fully saturated rings. The van der Waals surface area contributed by atoms with E-state index in [1.807, 2.05) is 19.1 Å². The van der Waals surface area contributed by atoms with Gasteiger partial charge < -0.3 is 11.1 Å². The van der Waals surface area contributed by atoms with Crippen LogP contribution in [0.4, 0.5) is 0 Å². The average Bonchev–Trinajstić information content (AvgIpc) is 2.36. The summed E-state index contributed by atoms with van der Waals surface area (Å²) in [7, 11) is 1.77. The Balaban J connectivity index is 2.34. The van der Waals surface area contributed by atoms with E-state index in [1.165, 1.54) is 4.90 Å². The van der Waals surface area contributed by atoms with Crippen LogP contribution >= 0.6 is 27.7 Å². The SMILES string of the molecule is CNC(C)(CCCSc1ccc(Br)cc1)C(N)=O. The van der Waals surface area contributed by atoms with Crippen LogP contribution < -0.4 is 11.1 Å². The third-order valence-electron chi connectivity index (χ3n) is 3.00. The van der Waals surface area contributed by atoms with Crippen molar-refractivity contribution in [3.8, 4) is 0 Å². The summed E-state index contributed by atoms with van der Waals surface area (Å²) in [5.74, 6) is 0.685.